The number of hydrogen-bond acceptors (Lipinski definition) is 5. The van der Waals surface area contributed by atoms with Gasteiger partial charge in [0.2, 0.25) is 0 Å². The number of nitrogens with zero attached hydrogens (tertiary/aromatic N) is 4. The number of rotatable bonds is 8. The molecule has 1 saturated heterocycles. The number of aromatic nitrogens is 2. The number of furan rings is 1. The Balaban J connectivity index is 1.28. The van der Waals surface area contributed by atoms with Crippen LogP contribution in [-0.2, 0) is 20.1 Å². The molecule has 31 heavy (non-hydrogen) atoms. The number of ether oxygens (including phenoxy) is 1. The van der Waals surface area contributed by atoms with Crippen LogP contribution in [0.2, 0.25) is 0 Å². The first-order chi connectivity index (χ1) is 15.1. The minimum Gasteiger partial charge on any atom is -0.493 e. The van der Waals surface area contributed by atoms with Crippen molar-refractivity contribution in [1.29, 1.82) is 0 Å². The number of amides is 1. The number of aryl methyl sites for hydroxylation is 1. The molecule has 0 unspecified atom stereocenters. The van der Waals surface area contributed by atoms with Crippen LogP contribution in [0.5, 0.6) is 5.75 Å². The average molecular weight is 423 g/mol. The summed E-state index contributed by atoms with van der Waals surface area (Å²) >= 11 is 0. The maximum atomic E-state index is 12.6. The van der Waals surface area contributed by atoms with Crippen LogP contribution in [0, 0.1) is 5.92 Å². The molecular weight excluding hydrogens is 392 g/mol. The highest BCUT2D eigenvalue weighted by Gasteiger charge is 2.25. The summed E-state index contributed by atoms with van der Waals surface area (Å²) in [4.78, 5) is 16.7. The lowest BCUT2D eigenvalue weighted by molar-refractivity contribution is 0.0632. The average Bonchev–Trinajstić information content (AvgIpc) is 3.44. The topological polar surface area (TPSA) is 63.7 Å². The van der Waals surface area contributed by atoms with Crippen molar-refractivity contribution in [2.45, 2.75) is 25.9 Å². The molecule has 0 spiro atoms. The van der Waals surface area contributed by atoms with Crippen LogP contribution in [-0.4, -0.2) is 52.2 Å². The Morgan fingerprint density at radius 3 is 2.94 bits per heavy atom. The number of piperidine rings is 1. The van der Waals surface area contributed by atoms with Crippen LogP contribution in [0.15, 0.2) is 59.7 Å². The van der Waals surface area contributed by atoms with Crippen LogP contribution < -0.4 is 4.74 Å². The summed E-state index contributed by atoms with van der Waals surface area (Å²) in [6.07, 6.45) is 9.07. The van der Waals surface area contributed by atoms with E-state index in [4.69, 9.17) is 9.15 Å². The van der Waals surface area contributed by atoms with E-state index in [0.717, 1.165) is 44.8 Å². The van der Waals surface area contributed by atoms with Crippen LogP contribution in [0.4, 0.5) is 0 Å². The molecule has 0 aliphatic carbocycles. The van der Waals surface area contributed by atoms with Crippen LogP contribution in [0.3, 0.4) is 0 Å². The zero-order valence-corrected chi connectivity index (χ0v) is 18.2. The molecule has 0 saturated carbocycles. The van der Waals surface area contributed by atoms with Crippen molar-refractivity contribution in [1.82, 2.24) is 19.6 Å². The first-order valence-corrected chi connectivity index (χ1v) is 10.8. The summed E-state index contributed by atoms with van der Waals surface area (Å²) in [5, 5.41) is 4.23. The third-order valence-electron chi connectivity index (χ3n) is 5.62. The van der Waals surface area contributed by atoms with E-state index in [2.05, 4.69) is 29.2 Å². The number of hydrogen-bond donors (Lipinski definition) is 0. The van der Waals surface area contributed by atoms with E-state index in [9.17, 15) is 4.79 Å². The highest BCUT2D eigenvalue weighted by Crippen LogP contribution is 2.22. The van der Waals surface area contributed by atoms with E-state index in [0.29, 0.717) is 18.1 Å². The maximum Gasteiger partial charge on any atom is 0.257 e. The number of carbonyl (C=O) groups is 1. The molecule has 1 aliphatic heterocycles. The van der Waals surface area contributed by atoms with Gasteiger partial charge in [-0.05, 0) is 43.7 Å². The third kappa shape index (κ3) is 5.76. The molecule has 1 fully saturated rings. The van der Waals surface area contributed by atoms with Crippen molar-refractivity contribution in [2.24, 2.45) is 13.0 Å². The summed E-state index contributed by atoms with van der Waals surface area (Å²) in [6.45, 7) is 3.81. The summed E-state index contributed by atoms with van der Waals surface area (Å²) in [5.41, 5.74) is 3.03. The Morgan fingerprint density at radius 2 is 2.16 bits per heavy atom. The first-order valence-electron chi connectivity index (χ1n) is 10.8. The fourth-order valence-corrected chi connectivity index (χ4v) is 4.13. The molecule has 1 aliphatic rings. The third-order valence-corrected chi connectivity index (χ3v) is 5.62. The lowest BCUT2D eigenvalue weighted by Gasteiger charge is -2.32. The zero-order valence-electron chi connectivity index (χ0n) is 18.2. The fourth-order valence-electron chi connectivity index (χ4n) is 4.13. The molecule has 1 amide bonds. The molecule has 3 aromatic rings. The first kappa shape index (κ1) is 21.2. The van der Waals surface area contributed by atoms with Gasteiger partial charge in [-0.25, -0.2) is 0 Å². The second kappa shape index (κ2) is 9.83. The number of benzene rings is 1. The molecule has 2 aromatic heterocycles. The molecule has 4 rings (SSSR count). The molecular formula is C24H30N4O3. The standard InChI is InChI=1S/C24H30N4O3/c1-26(14-21-12-25-27(2)15-21)13-19-5-3-7-23(11-19)31-17-20-6-4-9-28(16-20)24(29)22-8-10-30-18-22/h3,5,7-8,10-12,15,18,20H,4,6,9,13-14,16-17H2,1-2H3/t20-/m1/s1. The molecule has 0 radical (unpaired) electrons. The monoisotopic (exact) mass is 422 g/mol. The Hall–Kier alpha value is -3.06. The van der Waals surface area contributed by atoms with Gasteiger partial charge in [0.05, 0.1) is 24.6 Å². The Morgan fingerprint density at radius 1 is 1.29 bits per heavy atom. The second-order valence-corrected chi connectivity index (χ2v) is 8.42. The molecule has 7 nitrogen and oxygen atoms in total. The lowest BCUT2D eigenvalue weighted by atomic mass is 9.98. The van der Waals surface area contributed by atoms with E-state index in [1.807, 2.05) is 41.2 Å². The van der Waals surface area contributed by atoms with Gasteiger partial charge in [0.25, 0.3) is 5.91 Å². The number of carbonyl (C=O) groups excluding carboxylic acids is 1. The van der Waals surface area contributed by atoms with E-state index in [-0.39, 0.29) is 5.91 Å². The van der Waals surface area contributed by atoms with Gasteiger partial charge in [-0.3, -0.25) is 14.4 Å². The largest absolute Gasteiger partial charge is 0.493 e. The van der Waals surface area contributed by atoms with Crippen molar-refractivity contribution in [3.63, 3.8) is 0 Å². The van der Waals surface area contributed by atoms with Crippen molar-refractivity contribution in [2.75, 3.05) is 26.7 Å². The smallest absolute Gasteiger partial charge is 0.257 e. The minimum atomic E-state index is 0.0390. The number of likely N-dealkylation sites (tertiary alicyclic amines) is 1. The normalized spacial score (nSPS) is 16.6. The highest BCUT2D eigenvalue weighted by molar-refractivity contribution is 5.93. The van der Waals surface area contributed by atoms with Gasteiger partial charge < -0.3 is 14.1 Å². The molecule has 1 aromatic carbocycles. The zero-order chi connectivity index (χ0) is 21.6. The Bertz CT molecular complexity index is 982. The van der Waals surface area contributed by atoms with Crippen molar-refractivity contribution >= 4 is 5.91 Å². The fraction of sp³-hybridized carbons (Fsp3) is 0.417. The van der Waals surface area contributed by atoms with E-state index >= 15 is 0 Å². The van der Waals surface area contributed by atoms with Crippen molar-refractivity contribution in [3.8, 4) is 5.75 Å². The van der Waals surface area contributed by atoms with Gasteiger partial charge >= 0.3 is 0 Å². The van der Waals surface area contributed by atoms with Crippen molar-refractivity contribution < 1.29 is 13.9 Å². The summed E-state index contributed by atoms with van der Waals surface area (Å²) in [5.74, 6) is 1.25. The minimum absolute atomic E-state index is 0.0390. The quantitative estimate of drug-likeness (QED) is 0.555. The Kier molecular flexibility index (Phi) is 6.72. The predicted octanol–water partition coefficient (Wildman–Crippen LogP) is 3.58. The van der Waals surface area contributed by atoms with E-state index in [1.54, 1.807) is 12.3 Å². The molecule has 1 atom stereocenters. The van der Waals surface area contributed by atoms with Crippen molar-refractivity contribution in [3.05, 3.63) is 71.9 Å². The summed E-state index contributed by atoms with van der Waals surface area (Å²) in [7, 11) is 4.04. The van der Waals surface area contributed by atoms with Gasteiger partial charge in [-0.2, -0.15) is 5.10 Å². The summed E-state index contributed by atoms with van der Waals surface area (Å²) < 4.78 is 13.0. The predicted molar refractivity (Wildman–Crippen MR) is 118 cm³/mol. The van der Waals surface area contributed by atoms with Crippen LogP contribution >= 0.6 is 0 Å². The molecule has 3 heterocycles. The molecule has 7 heteroatoms. The molecule has 0 bridgehead atoms. The van der Waals surface area contributed by atoms with Crippen LogP contribution in [0.25, 0.3) is 0 Å². The van der Waals surface area contributed by atoms with Gasteiger partial charge in [-0.1, -0.05) is 12.1 Å². The summed E-state index contributed by atoms with van der Waals surface area (Å²) in [6, 6.07) is 9.99. The van der Waals surface area contributed by atoms with E-state index in [1.165, 1.54) is 17.4 Å². The second-order valence-electron chi connectivity index (χ2n) is 8.42. The van der Waals surface area contributed by atoms with Gasteiger partial charge in [-0.15, -0.1) is 0 Å². The highest BCUT2D eigenvalue weighted by atomic mass is 16.5. The molecule has 164 valence electrons. The SMILES string of the molecule is CN(Cc1cccc(OC[C@@H]2CCCN(C(=O)c3ccoc3)C2)c1)Cc1cnn(C)c1. The Labute approximate surface area is 183 Å². The van der Waals surface area contributed by atoms with E-state index < -0.39 is 0 Å². The van der Waals surface area contributed by atoms with Gasteiger partial charge in [0.1, 0.15) is 12.0 Å². The lowest BCUT2D eigenvalue weighted by Crippen LogP contribution is -2.41. The van der Waals surface area contributed by atoms with Gasteiger partial charge in [0.15, 0.2) is 0 Å². The van der Waals surface area contributed by atoms with Crippen LogP contribution in [0.1, 0.15) is 34.3 Å². The van der Waals surface area contributed by atoms with Gasteiger partial charge in [0, 0.05) is 50.9 Å². The maximum absolute atomic E-state index is 12.6. The molecule has 0 N–H and O–H groups in total.